The molecule has 1 rings (SSSR count). The fourth-order valence-corrected chi connectivity index (χ4v) is 3.02. The molecule has 0 fully saturated rings. The van der Waals surface area contributed by atoms with Gasteiger partial charge in [0.15, 0.2) is 0 Å². The first-order valence-corrected chi connectivity index (χ1v) is 9.19. The Balaban J connectivity index is 3.02. The summed E-state index contributed by atoms with van der Waals surface area (Å²) < 4.78 is 10.0. The highest BCUT2D eigenvalue weighted by Crippen LogP contribution is 2.34. The van der Waals surface area contributed by atoms with Crippen LogP contribution in [0.1, 0.15) is 59.7 Å². The molecule has 0 spiro atoms. The molecule has 1 aromatic heterocycles. The van der Waals surface area contributed by atoms with Gasteiger partial charge in [-0.3, -0.25) is 5.32 Å². The molecule has 1 heterocycles. The van der Waals surface area contributed by atoms with Gasteiger partial charge in [0.2, 0.25) is 0 Å². The number of esters is 2. The molecule has 2 N–H and O–H groups in total. The second-order valence-electron chi connectivity index (χ2n) is 5.71. The molecule has 0 radical (unpaired) electrons. The summed E-state index contributed by atoms with van der Waals surface area (Å²) in [6.45, 7) is 9.42. The van der Waals surface area contributed by atoms with Crippen molar-refractivity contribution in [2.45, 2.75) is 41.0 Å². The van der Waals surface area contributed by atoms with Crippen LogP contribution in [0.5, 0.6) is 0 Å². The first-order chi connectivity index (χ1) is 12.3. The van der Waals surface area contributed by atoms with Crippen LogP contribution < -0.4 is 10.7 Å². The smallest absolute Gasteiger partial charge is 0.348 e. The van der Waals surface area contributed by atoms with E-state index in [1.807, 2.05) is 13.8 Å². The Morgan fingerprint density at radius 2 is 1.77 bits per heavy atom. The minimum absolute atomic E-state index is 0.140. The molecule has 2 amide bonds. The largest absolute Gasteiger partial charge is 0.462 e. The molecule has 9 heteroatoms. The lowest BCUT2D eigenvalue weighted by Gasteiger charge is -2.06. The highest BCUT2D eigenvalue weighted by atomic mass is 32.1. The Hall–Kier alpha value is -2.42. The fraction of sp³-hybridized carbons (Fsp3) is 0.529. The number of rotatable bonds is 8. The number of hydrogen-bond donors (Lipinski definition) is 2. The van der Waals surface area contributed by atoms with E-state index in [1.165, 1.54) is 0 Å². The predicted molar refractivity (Wildman–Crippen MR) is 101 cm³/mol. The molecule has 0 aliphatic heterocycles. The van der Waals surface area contributed by atoms with Crippen LogP contribution in [0, 0.1) is 12.8 Å². The van der Waals surface area contributed by atoms with Crippen LogP contribution in [-0.2, 0) is 9.47 Å². The van der Waals surface area contributed by atoms with Crippen molar-refractivity contribution >= 4 is 40.5 Å². The summed E-state index contributed by atoms with van der Waals surface area (Å²) in [6.07, 6.45) is 2.32. The quantitative estimate of drug-likeness (QED) is 0.405. The zero-order valence-electron chi connectivity index (χ0n) is 15.7. The van der Waals surface area contributed by atoms with Gasteiger partial charge in [-0.05, 0) is 38.7 Å². The van der Waals surface area contributed by atoms with E-state index in [0.29, 0.717) is 11.5 Å². The van der Waals surface area contributed by atoms with E-state index >= 15 is 0 Å². The van der Waals surface area contributed by atoms with Crippen LogP contribution in [0.2, 0.25) is 0 Å². The number of urea groups is 1. The number of nitrogens with zero attached hydrogens (tertiary/aromatic N) is 1. The van der Waals surface area contributed by atoms with Gasteiger partial charge in [0.25, 0.3) is 0 Å². The summed E-state index contributed by atoms with van der Waals surface area (Å²) in [7, 11) is 0. The van der Waals surface area contributed by atoms with Crippen molar-refractivity contribution in [1.29, 1.82) is 0 Å². The van der Waals surface area contributed by atoms with Crippen molar-refractivity contribution in [2.75, 3.05) is 18.5 Å². The van der Waals surface area contributed by atoms with Crippen molar-refractivity contribution in [3.63, 3.8) is 0 Å². The normalized spacial score (nSPS) is 10.8. The first-order valence-electron chi connectivity index (χ1n) is 8.37. The van der Waals surface area contributed by atoms with Gasteiger partial charge in [-0.15, -0.1) is 11.3 Å². The molecule has 8 nitrogen and oxygen atoms in total. The summed E-state index contributed by atoms with van der Waals surface area (Å²) in [5, 5.41) is 6.57. The third kappa shape index (κ3) is 6.14. The SMILES string of the molecule is CCOC(=O)c1sc(NC(=O)NN=CCC(C)C)c(C(=O)OCC)c1C. The van der Waals surface area contributed by atoms with Gasteiger partial charge in [-0.1, -0.05) is 13.8 Å². The monoisotopic (exact) mass is 383 g/mol. The Morgan fingerprint density at radius 1 is 1.15 bits per heavy atom. The third-order valence-corrected chi connectivity index (χ3v) is 4.34. The number of carbonyl (C=O) groups excluding carboxylic acids is 3. The number of thiophene rings is 1. The lowest BCUT2D eigenvalue weighted by molar-refractivity contribution is 0.0527. The molecule has 0 saturated carbocycles. The van der Waals surface area contributed by atoms with Gasteiger partial charge in [-0.25, -0.2) is 19.8 Å². The zero-order chi connectivity index (χ0) is 19.7. The number of nitrogens with one attached hydrogen (secondary N) is 2. The molecule has 1 aromatic rings. The standard InChI is InChI=1S/C17H25N3O5S/c1-6-24-15(21)12-11(5)13(16(22)25-7-2)26-14(12)19-17(23)20-18-9-8-10(3)4/h9-10H,6-8H2,1-5H3,(H2,19,20,23). The summed E-state index contributed by atoms with van der Waals surface area (Å²) in [5.41, 5.74) is 2.87. The highest BCUT2D eigenvalue weighted by Gasteiger charge is 2.27. The summed E-state index contributed by atoms with van der Waals surface area (Å²) in [4.78, 5) is 36.5. The zero-order valence-corrected chi connectivity index (χ0v) is 16.5. The van der Waals surface area contributed by atoms with Crippen LogP contribution in [0.4, 0.5) is 9.80 Å². The lowest BCUT2D eigenvalue weighted by Crippen LogP contribution is -2.24. The number of carbonyl (C=O) groups is 3. The van der Waals surface area contributed by atoms with Gasteiger partial charge >= 0.3 is 18.0 Å². The molecular weight excluding hydrogens is 358 g/mol. The molecule has 0 unspecified atom stereocenters. The van der Waals surface area contributed by atoms with Crippen molar-refractivity contribution in [3.8, 4) is 0 Å². The average molecular weight is 383 g/mol. The Morgan fingerprint density at radius 3 is 2.35 bits per heavy atom. The van der Waals surface area contributed by atoms with Gasteiger partial charge in [0, 0.05) is 6.21 Å². The van der Waals surface area contributed by atoms with E-state index in [4.69, 9.17) is 9.47 Å². The van der Waals surface area contributed by atoms with E-state index in [9.17, 15) is 14.4 Å². The summed E-state index contributed by atoms with van der Waals surface area (Å²) >= 11 is 0.962. The lowest BCUT2D eigenvalue weighted by atomic mass is 10.1. The molecule has 0 aliphatic rings. The second-order valence-corrected chi connectivity index (χ2v) is 6.73. The number of amides is 2. The Bertz CT molecular complexity index is 682. The van der Waals surface area contributed by atoms with Crippen LogP contribution in [0.25, 0.3) is 0 Å². The molecule has 0 aromatic carbocycles. The van der Waals surface area contributed by atoms with Gasteiger partial charge in [0.05, 0.1) is 18.8 Å². The van der Waals surface area contributed by atoms with E-state index in [2.05, 4.69) is 15.8 Å². The van der Waals surface area contributed by atoms with Crippen molar-refractivity contribution < 1.29 is 23.9 Å². The van der Waals surface area contributed by atoms with E-state index < -0.39 is 18.0 Å². The van der Waals surface area contributed by atoms with Gasteiger partial charge < -0.3 is 9.47 Å². The molecule has 0 atom stereocenters. The van der Waals surface area contributed by atoms with Gasteiger partial charge in [0.1, 0.15) is 9.88 Å². The van der Waals surface area contributed by atoms with Crippen LogP contribution in [0.15, 0.2) is 5.10 Å². The average Bonchev–Trinajstić information content (AvgIpc) is 2.88. The maximum absolute atomic E-state index is 12.2. The predicted octanol–water partition coefficient (Wildman–Crippen LogP) is 3.56. The summed E-state index contributed by atoms with van der Waals surface area (Å²) in [6, 6.07) is -0.618. The van der Waals surface area contributed by atoms with Gasteiger partial charge in [-0.2, -0.15) is 5.10 Å². The number of ether oxygens (including phenoxy) is 2. The fourth-order valence-electron chi connectivity index (χ4n) is 1.94. The van der Waals surface area contributed by atoms with Crippen LogP contribution >= 0.6 is 11.3 Å². The molecule has 144 valence electrons. The maximum Gasteiger partial charge on any atom is 0.348 e. The van der Waals surface area contributed by atoms with E-state index in [0.717, 1.165) is 17.8 Å². The van der Waals surface area contributed by atoms with Crippen LogP contribution in [0.3, 0.4) is 0 Å². The van der Waals surface area contributed by atoms with Crippen molar-refractivity contribution in [2.24, 2.45) is 11.0 Å². The highest BCUT2D eigenvalue weighted by molar-refractivity contribution is 7.18. The maximum atomic E-state index is 12.2. The molecule has 26 heavy (non-hydrogen) atoms. The van der Waals surface area contributed by atoms with Crippen LogP contribution in [-0.4, -0.2) is 37.4 Å². The Labute approximate surface area is 156 Å². The molecule has 0 aliphatic carbocycles. The van der Waals surface area contributed by atoms with E-state index in [1.54, 1.807) is 27.0 Å². The second kappa shape index (κ2) is 10.5. The topological polar surface area (TPSA) is 106 Å². The van der Waals surface area contributed by atoms with E-state index in [-0.39, 0.29) is 28.7 Å². The third-order valence-electron chi connectivity index (χ3n) is 3.15. The molecule has 0 saturated heterocycles. The number of hydrogen-bond acceptors (Lipinski definition) is 7. The number of anilines is 1. The van der Waals surface area contributed by atoms with Crippen molar-refractivity contribution in [3.05, 3.63) is 16.0 Å². The van der Waals surface area contributed by atoms with Crippen molar-refractivity contribution in [1.82, 2.24) is 5.43 Å². The minimum Gasteiger partial charge on any atom is -0.462 e. The molecule has 0 bridgehead atoms. The summed E-state index contributed by atoms with van der Waals surface area (Å²) in [5.74, 6) is -0.745. The Kier molecular flexibility index (Phi) is 8.77. The number of hydrazone groups is 1. The first kappa shape index (κ1) is 21.6. The minimum atomic E-state index is -0.618. The molecular formula is C17H25N3O5S.